The number of benzene rings is 1. The number of aryl methyl sites for hydroxylation is 1. The van der Waals surface area contributed by atoms with Gasteiger partial charge in [0.2, 0.25) is 12.7 Å². The lowest BCUT2D eigenvalue weighted by molar-refractivity contribution is -0.125. The number of nitrogens with zero attached hydrogens (tertiary/aromatic N) is 1. The van der Waals surface area contributed by atoms with Gasteiger partial charge in [0, 0.05) is 25.1 Å². The first-order valence-corrected chi connectivity index (χ1v) is 8.72. The zero-order chi connectivity index (χ0) is 18.8. The molecule has 1 aromatic heterocycles. The third-order valence-corrected chi connectivity index (χ3v) is 4.44. The van der Waals surface area contributed by atoms with Gasteiger partial charge in [0.1, 0.15) is 17.6 Å². The van der Waals surface area contributed by atoms with Gasteiger partial charge in [-0.05, 0) is 30.7 Å². The summed E-state index contributed by atoms with van der Waals surface area (Å²) in [7, 11) is 0. The van der Waals surface area contributed by atoms with E-state index in [1.54, 1.807) is 30.0 Å². The van der Waals surface area contributed by atoms with Crippen LogP contribution in [0, 0.1) is 6.92 Å². The van der Waals surface area contributed by atoms with E-state index in [9.17, 15) is 9.59 Å². The van der Waals surface area contributed by atoms with Crippen molar-refractivity contribution in [3.05, 3.63) is 58.2 Å². The van der Waals surface area contributed by atoms with Crippen molar-refractivity contribution in [2.75, 3.05) is 19.9 Å². The normalized spacial score (nSPS) is 18.3. The fourth-order valence-corrected chi connectivity index (χ4v) is 3.15. The van der Waals surface area contributed by atoms with Gasteiger partial charge in [0.15, 0.2) is 11.5 Å². The zero-order valence-corrected chi connectivity index (χ0v) is 14.8. The summed E-state index contributed by atoms with van der Waals surface area (Å²) in [6.07, 6.45) is 3.86. The molecule has 0 bridgehead atoms. The molecule has 4 rings (SSSR count). The molecule has 2 aliphatic rings. The summed E-state index contributed by atoms with van der Waals surface area (Å²) < 4.78 is 21.4. The lowest BCUT2D eigenvalue weighted by Crippen LogP contribution is -2.29. The summed E-state index contributed by atoms with van der Waals surface area (Å²) >= 11 is 0. The van der Waals surface area contributed by atoms with Gasteiger partial charge in [-0.1, -0.05) is 6.07 Å². The van der Waals surface area contributed by atoms with Gasteiger partial charge in [-0.3, -0.25) is 4.79 Å². The fraction of sp³-hybridized carbons (Fsp3) is 0.300. The van der Waals surface area contributed by atoms with Crippen LogP contribution in [0.5, 0.6) is 17.2 Å². The van der Waals surface area contributed by atoms with Crippen molar-refractivity contribution in [1.29, 1.82) is 0 Å². The summed E-state index contributed by atoms with van der Waals surface area (Å²) in [4.78, 5) is 25.6. The second-order valence-electron chi connectivity index (χ2n) is 6.48. The van der Waals surface area contributed by atoms with E-state index in [2.05, 4.69) is 0 Å². The minimum atomic E-state index is -0.442. The first-order valence-electron chi connectivity index (χ1n) is 8.72. The smallest absolute Gasteiger partial charge is 0.339 e. The molecule has 1 aromatic carbocycles. The molecule has 7 heteroatoms. The second-order valence-corrected chi connectivity index (χ2v) is 6.48. The molecule has 0 radical (unpaired) electrons. The number of carbonyl (C=O) groups excluding carboxylic acids is 1. The van der Waals surface area contributed by atoms with Gasteiger partial charge in [-0.15, -0.1) is 0 Å². The lowest BCUT2D eigenvalue weighted by Gasteiger charge is -2.15. The van der Waals surface area contributed by atoms with E-state index in [0.717, 1.165) is 5.56 Å². The summed E-state index contributed by atoms with van der Waals surface area (Å²) in [5.74, 6) is 2.28. The predicted octanol–water partition coefficient (Wildman–Crippen LogP) is 2.37. The van der Waals surface area contributed by atoms with E-state index >= 15 is 0 Å². The summed E-state index contributed by atoms with van der Waals surface area (Å²) in [6.45, 7) is 3.00. The molecule has 7 nitrogen and oxygen atoms in total. The summed E-state index contributed by atoms with van der Waals surface area (Å²) in [6, 6.07) is 8.52. The minimum absolute atomic E-state index is 0.0810. The van der Waals surface area contributed by atoms with Gasteiger partial charge in [-0.2, -0.15) is 0 Å². The van der Waals surface area contributed by atoms with Gasteiger partial charge in [0.05, 0.1) is 12.6 Å². The van der Waals surface area contributed by atoms with E-state index in [1.807, 2.05) is 18.2 Å². The van der Waals surface area contributed by atoms with Crippen LogP contribution in [0.15, 0.2) is 45.6 Å². The Morgan fingerprint density at radius 1 is 1.22 bits per heavy atom. The lowest BCUT2D eigenvalue weighted by atomic mass is 10.2. The predicted molar refractivity (Wildman–Crippen MR) is 96.9 cm³/mol. The number of rotatable bonds is 4. The molecule has 0 aliphatic carbocycles. The maximum atomic E-state index is 12.4. The highest BCUT2D eigenvalue weighted by molar-refractivity contribution is 5.92. The number of ether oxygens (including phenoxy) is 3. The number of amides is 1. The van der Waals surface area contributed by atoms with Crippen LogP contribution >= 0.6 is 0 Å². The zero-order valence-electron chi connectivity index (χ0n) is 14.8. The van der Waals surface area contributed by atoms with Gasteiger partial charge >= 0.3 is 5.63 Å². The van der Waals surface area contributed by atoms with Crippen LogP contribution in [-0.4, -0.2) is 36.8 Å². The Hall–Kier alpha value is -3.22. The van der Waals surface area contributed by atoms with Crippen molar-refractivity contribution in [2.24, 2.45) is 0 Å². The molecule has 1 saturated heterocycles. The van der Waals surface area contributed by atoms with Crippen LogP contribution in [0.4, 0.5) is 0 Å². The van der Waals surface area contributed by atoms with Crippen LogP contribution in [0.2, 0.25) is 0 Å². The van der Waals surface area contributed by atoms with Gasteiger partial charge < -0.3 is 23.5 Å². The maximum absolute atomic E-state index is 12.4. The van der Waals surface area contributed by atoms with Crippen molar-refractivity contribution in [3.8, 4) is 17.2 Å². The third-order valence-electron chi connectivity index (χ3n) is 4.44. The standard InChI is InChI=1S/C20H19NO6/c1-13-8-16(10-20(23)26-13)27-15-6-7-21(11-15)19(22)5-3-14-2-4-17-18(9-14)25-12-24-17/h2-5,8-10,15H,6-7,11-12H2,1H3/b5-3+. The molecule has 3 heterocycles. The Labute approximate surface area is 155 Å². The highest BCUT2D eigenvalue weighted by Crippen LogP contribution is 2.32. The average molecular weight is 369 g/mol. The summed E-state index contributed by atoms with van der Waals surface area (Å²) in [5, 5.41) is 0. The van der Waals surface area contributed by atoms with Crippen molar-refractivity contribution in [3.63, 3.8) is 0 Å². The van der Waals surface area contributed by atoms with Gasteiger partial charge in [0.25, 0.3) is 0 Å². The van der Waals surface area contributed by atoms with Crippen molar-refractivity contribution >= 4 is 12.0 Å². The van der Waals surface area contributed by atoms with Crippen molar-refractivity contribution < 1.29 is 23.4 Å². The van der Waals surface area contributed by atoms with E-state index in [-0.39, 0.29) is 18.8 Å². The molecule has 0 saturated carbocycles. The van der Waals surface area contributed by atoms with Crippen LogP contribution in [-0.2, 0) is 4.79 Å². The van der Waals surface area contributed by atoms with Crippen LogP contribution in [0.1, 0.15) is 17.7 Å². The first-order chi connectivity index (χ1) is 13.1. The molecule has 1 unspecified atom stereocenters. The van der Waals surface area contributed by atoms with Crippen LogP contribution in [0.25, 0.3) is 6.08 Å². The van der Waals surface area contributed by atoms with Crippen molar-refractivity contribution in [1.82, 2.24) is 4.90 Å². The fourth-order valence-electron chi connectivity index (χ4n) is 3.15. The molecular formula is C20H19NO6. The quantitative estimate of drug-likeness (QED) is 0.770. The number of likely N-dealkylation sites (tertiary alicyclic amines) is 1. The Morgan fingerprint density at radius 2 is 2.07 bits per heavy atom. The van der Waals surface area contributed by atoms with Crippen LogP contribution < -0.4 is 19.8 Å². The maximum Gasteiger partial charge on any atom is 0.339 e. The Balaban J connectivity index is 1.35. The topological polar surface area (TPSA) is 78.2 Å². The molecule has 1 fully saturated rings. The molecule has 0 spiro atoms. The second kappa shape index (κ2) is 7.19. The summed E-state index contributed by atoms with van der Waals surface area (Å²) in [5.41, 5.74) is 0.425. The SMILES string of the molecule is Cc1cc(OC2CCN(C(=O)/C=C/c3ccc4c(c3)OCO4)C2)cc(=O)o1. The Kier molecular flexibility index (Phi) is 4.58. The number of fused-ring (bicyclic) bond motifs is 1. The van der Waals surface area contributed by atoms with E-state index < -0.39 is 5.63 Å². The highest BCUT2D eigenvalue weighted by Gasteiger charge is 2.26. The number of carbonyl (C=O) groups is 1. The highest BCUT2D eigenvalue weighted by atomic mass is 16.7. The molecule has 1 amide bonds. The molecule has 0 N–H and O–H groups in total. The van der Waals surface area contributed by atoms with E-state index in [1.165, 1.54) is 6.07 Å². The average Bonchev–Trinajstić information content (AvgIpc) is 3.27. The number of hydrogen-bond acceptors (Lipinski definition) is 6. The largest absolute Gasteiger partial charge is 0.488 e. The number of hydrogen-bond donors (Lipinski definition) is 0. The molecule has 1 atom stereocenters. The molecule has 140 valence electrons. The van der Waals surface area contributed by atoms with Gasteiger partial charge in [-0.25, -0.2) is 4.79 Å². The molecule has 27 heavy (non-hydrogen) atoms. The minimum Gasteiger partial charge on any atom is -0.488 e. The van der Waals surface area contributed by atoms with Crippen LogP contribution in [0.3, 0.4) is 0 Å². The first kappa shape index (κ1) is 17.2. The Morgan fingerprint density at radius 3 is 2.93 bits per heavy atom. The molecule has 2 aromatic rings. The Bertz CT molecular complexity index is 948. The molecule has 2 aliphatic heterocycles. The van der Waals surface area contributed by atoms with Crippen molar-refractivity contribution in [2.45, 2.75) is 19.4 Å². The van der Waals surface area contributed by atoms with E-state index in [4.69, 9.17) is 18.6 Å². The molecular weight excluding hydrogens is 350 g/mol. The third kappa shape index (κ3) is 3.97. The van der Waals surface area contributed by atoms with E-state index in [0.29, 0.717) is 42.5 Å². The monoisotopic (exact) mass is 369 g/mol.